The van der Waals surface area contributed by atoms with Gasteiger partial charge in [0.2, 0.25) is 10.0 Å². The second kappa shape index (κ2) is 4.39. The summed E-state index contributed by atoms with van der Waals surface area (Å²) >= 11 is 0. The van der Waals surface area contributed by atoms with E-state index >= 15 is 0 Å². The van der Waals surface area contributed by atoms with E-state index in [9.17, 15) is 8.42 Å². The largest absolute Gasteiger partial charge is 0.313 e. The van der Waals surface area contributed by atoms with Gasteiger partial charge in [-0.05, 0) is 31.7 Å². The molecule has 3 unspecified atom stereocenters. The number of nitrogens with one attached hydrogen (secondary N) is 2. The van der Waals surface area contributed by atoms with Gasteiger partial charge >= 0.3 is 0 Å². The molecule has 1 aliphatic heterocycles. The highest BCUT2D eigenvalue weighted by Gasteiger charge is 2.36. The summed E-state index contributed by atoms with van der Waals surface area (Å²) in [5.74, 6) is 0.773. The average molecular weight is 232 g/mol. The van der Waals surface area contributed by atoms with Crippen molar-refractivity contribution in [3.05, 3.63) is 0 Å². The lowest BCUT2D eigenvalue weighted by Crippen LogP contribution is -2.43. The Kier molecular flexibility index (Phi) is 3.33. The number of piperidine rings is 1. The highest BCUT2D eigenvalue weighted by atomic mass is 32.2. The Morgan fingerprint density at radius 1 is 1.40 bits per heavy atom. The van der Waals surface area contributed by atoms with Gasteiger partial charge in [0.25, 0.3) is 0 Å². The molecule has 15 heavy (non-hydrogen) atoms. The minimum atomic E-state index is -3.06. The maximum atomic E-state index is 11.7. The van der Waals surface area contributed by atoms with Crippen LogP contribution in [0.25, 0.3) is 0 Å². The Hall–Kier alpha value is -0.130. The van der Waals surface area contributed by atoms with Crippen molar-refractivity contribution in [2.75, 3.05) is 12.3 Å². The third-order valence-corrected chi connectivity index (χ3v) is 4.78. The number of sulfonamides is 1. The molecule has 1 heterocycles. The third kappa shape index (κ3) is 3.43. The molecular weight excluding hydrogens is 212 g/mol. The molecule has 1 saturated carbocycles. The Labute approximate surface area is 91.9 Å². The van der Waals surface area contributed by atoms with Crippen molar-refractivity contribution < 1.29 is 8.42 Å². The SMILES string of the molecule is CC1CC1NS(=O)(=O)CC1CCCCN1. The minimum Gasteiger partial charge on any atom is -0.313 e. The molecule has 0 radical (unpaired) electrons. The van der Waals surface area contributed by atoms with Crippen molar-refractivity contribution in [2.45, 2.75) is 44.7 Å². The van der Waals surface area contributed by atoms with Crippen LogP contribution in [0.4, 0.5) is 0 Å². The molecule has 2 rings (SSSR count). The molecule has 0 amide bonds. The minimum absolute atomic E-state index is 0.158. The second-order valence-corrected chi connectivity index (χ2v) is 6.66. The zero-order valence-electron chi connectivity index (χ0n) is 9.20. The number of hydrogen-bond donors (Lipinski definition) is 2. The normalized spacial score (nSPS) is 36.5. The van der Waals surface area contributed by atoms with Gasteiger partial charge in [-0.3, -0.25) is 0 Å². The maximum Gasteiger partial charge on any atom is 0.213 e. The van der Waals surface area contributed by atoms with E-state index in [1.54, 1.807) is 0 Å². The van der Waals surface area contributed by atoms with Crippen LogP contribution in [0.3, 0.4) is 0 Å². The summed E-state index contributed by atoms with van der Waals surface area (Å²) in [5, 5.41) is 3.26. The summed E-state index contributed by atoms with van der Waals surface area (Å²) < 4.78 is 26.2. The molecule has 0 aromatic rings. The molecule has 2 fully saturated rings. The van der Waals surface area contributed by atoms with Crippen molar-refractivity contribution in [3.8, 4) is 0 Å². The van der Waals surface area contributed by atoms with Crippen LogP contribution >= 0.6 is 0 Å². The topological polar surface area (TPSA) is 58.2 Å². The van der Waals surface area contributed by atoms with Gasteiger partial charge in [0, 0.05) is 12.1 Å². The molecule has 1 aliphatic carbocycles. The summed E-state index contributed by atoms with van der Waals surface area (Å²) in [6.07, 6.45) is 4.30. The van der Waals surface area contributed by atoms with E-state index in [2.05, 4.69) is 17.0 Å². The predicted octanol–water partition coefficient (Wildman–Crippen LogP) is 0.456. The molecule has 2 aliphatic rings. The van der Waals surface area contributed by atoms with Crippen molar-refractivity contribution in [2.24, 2.45) is 5.92 Å². The summed E-state index contributed by atoms with van der Waals surface area (Å²) in [6, 6.07) is 0.365. The first-order valence-electron chi connectivity index (χ1n) is 5.80. The Bertz CT molecular complexity index is 309. The summed E-state index contributed by atoms with van der Waals surface area (Å²) in [7, 11) is -3.06. The second-order valence-electron chi connectivity index (χ2n) is 4.87. The first-order valence-corrected chi connectivity index (χ1v) is 7.45. The third-order valence-electron chi connectivity index (χ3n) is 3.27. The lowest BCUT2D eigenvalue weighted by molar-refractivity contribution is 0.422. The first-order chi connectivity index (χ1) is 7.07. The van der Waals surface area contributed by atoms with E-state index < -0.39 is 10.0 Å². The summed E-state index contributed by atoms with van der Waals surface area (Å²) in [5.41, 5.74) is 0. The molecule has 4 nitrogen and oxygen atoms in total. The quantitative estimate of drug-likeness (QED) is 0.740. The molecule has 1 saturated heterocycles. The molecule has 5 heteroatoms. The first kappa shape index (κ1) is 11.4. The van der Waals surface area contributed by atoms with Crippen LogP contribution in [-0.4, -0.2) is 32.8 Å². The van der Waals surface area contributed by atoms with Crippen molar-refractivity contribution >= 4 is 10.0 Å². The average Bonchev–Trinajstić information content (AvgIpc) is 2.81. The standard InChI is InChI=1S/C10H20N2O2S/c1-8-6-10(8)12-15(13,14)7-9-4-2-3-5-11-9/h8-12H,2-7H2,1H3. The summed E-state index contributed by atoms with van der Waals surface area (Å²) in [4.78, 5) is 0. The fraction of sp³-hybridized carbons (Fsp3) is 1.00. The smallest absolute Gasteiger partial charge is 0.213 e. The van der Waals surface area contributed by atoms with E-state index in [1.807, 2.05) is 0 Å². The molecule has 0 spiro atoms. The van der Waals surface area contributed by atoms with Gasteiger partial charge < -0.3 is 5.32 Å². The van der Waals surface area contributed by atoms with E-state index in [0.29, 0.717) is 5.92 Å². The van der Waals surface area contributed by atoms with Crippen LogP contribution in [0.15, 0.2) is 0 Å². The van der Waals surface area contributed by atoms with Gasteiger partial charge in [0.05, 0.1) is 5.75 Å². The molecule has 0 aromatic carbocycles. The highest BCUT2D eigenvalue weighted by Crippen LogP contribution is 2.29. The lowest BCUT2D eigenvalue weighted by atomic mass is 10.1. The molecule has 0 bridgehead atoms. The fourth-order valence-electron chi connectivity index (χ4n) is 2.10. The lowest BCUT2D eigenvalue weighted by Gasteiger charge is -2.23. The van der Waals surface area contributed by atoms with Crippen molar-refractivity contribution in [1.82, 2.24) is 10.0 Å². The van der Waals surface area contributed by atoms with Gasteiger partial charge in [0.15, 0.2) is 0 Å². The fourth-order valence-corrected chi connectivity index (χ4v) is 3.80. The van der Waals surface area contributed by atoms with Crippen LogP contribution in [0, 0.1) is 5.92 Å². The number of hydrogen-bond acceptors (Lipinski definition) is 3. The monoisotopic (exact) mass is 232 g/mol. The Morgan fingerprint density at radius 3 is 2.67 bits per heavy atom. The van der Waals surface area contributed by atoms with E-state index in [-0.39, 0.29) is 17.8 Å². The molecule has 0 aromatic heterocycles. The van der Waals surface area contributed by atoms with Gasteiger partial charge in [0.1, 0.15) is 0 Å². The maximum absolute atomic E-state index is 11.7. The van der Waals surface area contributed by atoms with Gasteiger partial charge in [-0.2, -0.15) is 0 Å². The zero-order chi connectivity index (χ0) is 10.9. The van der Waals surface area contributed by atoms with Gasteiger partial charge in [-0.25, -0.2) is 13.1 Å². The molecule has 2 N–H and O–H groups in total. The zero-order valence-corrected chi connectivity index (χ0v) is 10.0. The van der Waals surface area contributed by atoms with Gasteiger partial charge in [-0.1, -0.05) is 13.3 Å². The van der Waals surface area contributed by atoms with Crippen LogP contribution in [0.2, 0.25) is 0 Å². The molecular formula is C10H20N2O2S. The summed E-state index contributed by atoms with van der Waals surface area (Å²) in [6.45, 7) is 3.03. The molecule has 3 atom stereocenters. The van der Waals surface area contributed by atoms with Crippen LogP contribution in [-0.2, 0) is 10.0 Å². The van der Waals surface area contributed by atoms with Gasteiger partial charge in [-0.15, -0.1) is 0 Å². The predicted molar refractivity (Wildman–Crippen MR) is 60.1 cm³/mol. The number of rotatable bonds is 4. The molecule has 88 valence electrons. The van der Waals surface area contributed by atoms with Crippen LogP contribution in [0.5, 0.6) is 0 Å². The van der Waals surface area contributed by atoms with E-state index in [1.165, 1.54) is 6.42 Å². The van der Waals surface area contributed by atoms with Crippen molar-refractivity contribution in [3.63, 3.8) is 0 Å². The van der Waals surface area contributed by atoms with Crippen LogP contribution < -0.4 is 10.0 Å². The van der Waals surface area contributed by atoms with E-state index in [4.69, 9.17) is 0 Å². The Morgan fingerprint density at radius 2 is 2.13 bits per heavy atom. The van der Waals surface area contributed by atoms with Crippen molar-refractivity contribution in [1.29, 1.82) is 0 Å². The Balaban J connectivity index is 1.80. The highest BCUT2D eigenvalue weighted by molar-refractivity contribution is 7.89. The van der Waals surface area contributed by atoms with Crippen LogP contribution in [0.1, 0.15) is 32.6 Å². The van der Waals surface area contributed by atoms with E-state index in [0.717, 1.165) is 25.8 Å².